The predicted octanol–water partition coefficient (Wildman–Crippen LogP) is 2.29. The van der Waals surface area contributed by atoms with Gasteiger partial charge in [0, 0.05) is 5.66 Å². The summed E-state index contributed by atoms with van der Waals surface area (Å²) in [7, 11) is 2.69. The molecule has 0 aromatic heterocycles. The van der Waals surface area contributed by atoms with E-state index in [1.807, 2.05) is 6.92 Å². The first-order chi connectivity index (χ1) is 4.83. The Balaban J connectivity index is 4.53. The highest BCUT2D eigenvalue weighted by molar-refractivity contribution is 7.17. The zero-order valence-electron chi connectivity index (χ0n) is 8.26. The van der Waals surface area contributed by atoms with E-state index in [9.17, 15) is 5.11 Å². The van der Waals surface area contributed by atoms with Crippen molar-refractivity contribution >= 4 is 9.24 Å². The minimum Gasteiger partial charge on any atom is -0.389 e. The van der Waals surface area contributed by atoms with Crippen LogP contribution in [0, 0.1) is 11.8 Å². The largest absolute Gasteiger partial charge is 0.389 e. The predicted molar refractivity (Wildman–Crippen MR) is 53.8 cm³/mol. The summed E-state index contributed by atoms with van der Waals surface area (Å²) >= 11 is 0. The molecule has 0 saturated carbocycles. The van der Waals surface area contributed by atoms with Gasteiger partial charge in [0.25, 0.3) is 0 Å². The van der Waals surface area contributed by atoms with Crippen LogP contribution in [0.3, 0.4) is 0 Å². The van der Waals surface area contributed by atoms with Crippen molar-refractivity contribution in [2.24, 2.45) is 11.8 Å². The van der Waals surface area contributed by atoms with Crippen molar-refractivity contribution < 1.29 is 5.11 Å². The van der Waals surface area contributed by atoms with E-state index in [0.717, 1.165) is 0 Å². The van der Waals surface area contributed by atoms with Gasteiger partial charge < -0.3 is 5.11 Å². The van der Waals surface area contributed by atoms with Crippen LogP contribution in [-0.4, -0.2) is 16.4 Å². The first kappa shape index (κ1) is 11.4. The zero-order chi connectivity index (χ0) is 9.23. The third-order valence-corrected chi connectivity index (χ3v) is 3.11. The Morgan fingerprint density at radius 1 is 1.00 bits per heavy atom. The lowest BCUT2D eigenvalue weighted by molar-refractivity contribution is -0.0447. The Labute approximate surface area is 72.8 Å². The van der Waals surface area contributed by atoms with Gasteiger partial charge in [0.05, 0.1) is 5.60 Å². The highest BCUT2D eigenvalue weighted by Gasteiger charge is 2.37. The second kappa shape index (κ2) is 3.87. The van der Waals surface area contributed by atoms with Gasteiger partial charge in [-0.25, -0.2) is 0 Å². The van der Waals surface area contributed by atoms with Crippen LogP contribution in [0.25, 0.3) is 0 Å². The van der Waals surface area contributed by atoms with E-state index in [2.05, 4.69) is 36.9 Å². The molecule has 0 bridgehead atoms. The molecule has 0 rings (SSSR count). The summed E-state index contributed by atoms with van der Waals surface area (Å²) < 4.78 is 0. The summed E-state index contributed by atoms with van der Waals surface area (Å²) in [6, 6.07) is 0. The van der Waals surface area contributed by atoms with E-state index in [1.165, 1.54) is 0 Å². The molecule has 0 radical (unpaired) electrons. The first-order valence-corrected chi connectivity index (χ1v) is 4.98. The Hall–Kier alpha value is 0.390. The normalized spacial score (nSPS) is 16.1. The average Bonchev–Trinajstić information content (AvgIpc) is 1.84. The summed E-state index contributed by atoms with van der Waals surface area (Å²) in [4.78, 5) is 0. The fourth-order valence-electron chi connectivity index (χ4n) is 1.72. The van der Waals surface area contributed by atoms with Crippen molar-refractivity contribution in [2.75, 3.05) is 0 Å². The minimum absolute atomic E-state index is 0.252. The Bertz CT molecular complexity index is 97.0. The van der Waals surface area contributed by atoms with E-state index in [4.69, 9.17) is 0 Å². The molecule has 0 heterocycles. The average molecular weight is 176 g/mol. The summed E-state index contributed by atoms with van der Waals surface area (Å²) in [5.74, 6) is 0.630. The quantitative estimate of drug-likeness (QED) is 0.654. The van der Waals surface area contributed by atoms with E-state index in [0.29, 0.717) is 11.8 Å². The molecule has 0 spiro atoms. The van der Waals surface area contributed by atoms with E-state index >= 15 is 0 Å². The highest BCUT2D eigenvalue weighted by atomic mass is 31.0. The van der Waals surface area contributed by atoms with Crippen molar-refractivity contribution in [2.45, 2.75) is 45.9 Å². The lowest BCUT2D eigenvalue weighted by atomic mass is 9.78. The molecular formula is C9H21OP. The van der Waals surface area contributed by atoms with Crippen molar-refractivity contribution in [3.8, 4) is 0 Å². The number of hydrogen-bond donors (Lipinski definition) is 1. The molecular weight excluding hydrogens is 155 g/mol. The van der Waals surface area contributed by atoms with E-state index < -0.39 is 5.60 Å². The van der Waals surface area contributed by atoms with Crippen molar-refractivity contribution in [3.63, 3.8) is 0 Å². The summed E-state index contributed by atoms with van der Waals surface area (Å²) in [5.41, 5.74) is -0.285. The van der Waals surface area contributed by atoms with Crippen LogP contribution < -0.4 is 0 Å². The molecule has 0 saturated heterocycles. The molecule has 1 nitrogen and oxygen atoms in total. The van der Waals surface area contributed by atoms with Gasteiger partial charge in [-0.1, -0.05) is 34.6 Å². The molecule has 2 atom stereocenters. The first-order valence-electron chi connectivity index (χ1n) is 4.31. The monoisotopic (exact) mass is 176 g/mol. The van der Waals surface area contributed by atoms with Gasteiger partial charge >= 0.3 is 0 Å². The fourth-order valence-corrected chi connectivity index (χ4v) is 2.49. The van der Waals surface area contributed by atoms with Crippen molar-refractivity contribution in [3.05, 3.63) is 0 Å². The molecule has 0 amide bonds. The smallest absolute Gasteiger partial charge is 0.0752 e. The van der Waals surface area contributed by atoms with Crippen molar-refractivity contribution in [1.82, 2.24) is 0 Å². The van der Waals surface area contributed by atoms with Crippen LogP contribution >= 0.6 is 9.24 Å². The standard InChI is InChI=1S/C9H21OP/c1-6(2)9(10,7(3)4)8(5)11/h6-8,10H,11H2,1-5H3. The third kappa shape index (κ3) is 2.16. The lowest BCUT2D eigenvalue weighted by Gasteiger charge is -2.39. The summed E-state index contributed by atoms with van der Waals surface area (Å²) in [5, 5.41) is 10.2. The number of aliphatic hydroxyl groups is 1. The molecule has 0 aromatic carbocycles. The Morgan fingerprint density at radius 3 is 1.27 bits per heavy atom. The van der Waals surface area contributed by atoms with Crippen LogP contribution in [0.2, 0.25) is 0 Å². The third-order valence-electron chi connectivity index (χ3n) is 2.58. The molecule has 1 N–H and O–H groups in total. The maximum absolute atomic E-state index is 10.2. The lowest BCUT2D eigenvalue weighted by Crippen LogP contribution is -2.47. The molecule has 0 aliphatic heterocycles. The van der Waals surface area contributed by atoms with Crippen LogP contribution in [0.15, 0.2) is 0 Å². The fraction of sp³-hybridized carbons (Fsp3) is 1.00. The molecule has 11 heavy (non-hydrogen) atoms. The number of rotatable bonds is 3. The summed E-state index contributed by atoms with van der Waals surface area (Å²) in [6.07, 6.45) is 0. The second-order valence-corrected chi connectivity index (χ2v) is 4.99. The van der Waals surface area contributed by atoms with Gasteiger partial charge in [-0.3, -0.25) is 0 Å². The van der Waals surface area contributed by atoms with Gasteiger partial charge in [0.2, 0.25) is 0 Å². The van der Waals surface area contributed by atoms with E-state index in [-0.39, 0.29) is 5.66 Å². The molecule has 0 aromatic rings. The molecule has 0 fully saturated rings. The van der Waals surface area contributed by atoms with Gasteiger partial charge in [-0.2, -0.15) is 0 Å². The van der Waals surface area contributed by atoms with Gasteiger partial charge in [0.15, 0.2) is 0 Å². The highest BCUT2D eigenvalue weighted by Crippen LogP contribution is 2.33. The van der Waals surface area contributed by atoms with Gasteiger partial charge in [-0.05, 0) is 11.8 Å². The SMILES string of the molecule is CC(C)C(O)(C(C)C)C(C)P. The molecule has 2 heteroatoms. The van der Waals surface area contributed by atoms with Gasteiger partial charge in [-0.15, -0.1) is 9.24 Å². The second-order valence-electron chi connectivity index (χ2n) is 3.99. The minimum atomic E-state index is -0.537. The summed E-state index contributed by atoms with van der Waals surface area (Å²) in [6.45, 7) is 10.3. The maximum atomic E-state index is 10.2. The van der Waals surface area contributed by atoms with Crippen LogP contribution in [0.4, 0.5) is 0 Å². The van der Waals surface area contributed by atoms with Gasteiger partial charge in [0.1, 0.15) is 0 Å². The molecule has 0 aliphatic carbocycles. The van der Waals surface area contributed by atoms with Crippen LogP contribution in [0.1, 0.15) is 34.6 Å². The Kier molecular flexibility index (Phi) is 4.00. The van der Waals surface area contributed by atoms with Crippen LogP contribution in [0.5, 0.6) is 0 Å². The zero-order valence-corrected chi connectivity index (χ0v) is 9.41. The number of hydrogen-bond acceptors (Lipinski definition) is 1. The molecule has 68 valence electrons. The Morgan fingerprint density at radius 2 is 1.27 bits per heavy atom. The molecule has 2 unspecified atom stereocenters. The topological polar surface area (TPSA) is 20.2 Å². The molecule has 0 aliphatic rings. The van der Waals surface area contributed by atoms with Crippen molar-refractivity contribution in [1.29, 1.82) is 0 Å². The van der Waals surface area contributed by atoms with Crippen LogP contribution in [-0.2, 0) is 0 Å². The maximum Gasteiger partial charge on any atom is 0.0752 e. The van der Waals surface area contributed by atoms with E-state index in [1.54, 1.807) is 0 Å².